The lowest BCUT2D eigenvalue weighted by Gasteiger charge is -2.20. The topological polar surface area (TPSA) is 118 Å². The van der Waals surface area contributed by atoms with E-state index in [1.54, 1.807) is 19.9 Å². The molecule has 31 heavy (non-hydrogen) atoms. The number of likely N-dealkylation sites (tertiary alicyclic amines) is 1. The molecule has 9 nitrogen and oxygen atoms in total. The van der Waals surface area contributed by atoms with Gasteiger partial charge in [0.1, 0.15) is 22.9 Å². The van der Waals surface area contributed by atoms with Crippen molar-refractivity contribution in [2.24, 2.45) is 5.92 Å². The number of sulfonamides is 1. The number of aromatic nitrogens is 1. The molecule has 2 N–H and O–H groups in total. The summed E-state index contributed by atoms with van der Waals surface area (Å²) in [7, 11) is -3.53. The SMILES string of the molecule is CCN(CC)S(=O)(=O)c1ccc(NC[C@@H](C)CNCC(=O)N2C[C@@H](F)C[C@H]2C#N)nc1. The van der Waals surface area contributed by atoms with Gasteiger partial charge in [0.25, 0.3) is 0 Å². The van der Waals surface area contributed by atoms with E-state index in [9.17, 15) is 17.6 Å². The fraction of sp³-hybridized carbons (Fsp3) is 0.650. The lowest BCUT2D eigenvalue weighted by molar-refractivity contribution is -0.130. The lowest BCUT2D eigenvalue weighted by atomic mass is 10.2. The van der Waals surface area contributed by atoms with E-state index in [1.807, 2.05) is 13.0 Å². The number of halogens is 1. The summed E-state index contributed by atoms with van der Waals surface area (Å²) in [5.41, 5.74) is 0. The van der Waals surface area contributed by atoms with Gasteiger partial charge < -0.3 is 15.5 Å². The van der Waals surface area contributed by atoms with Crippen LogP contribution in [0.15, 0.2) is 23.2 Å². The zero-order valence-corrected chi connectivity index (χ0v) is 19.0. The highest BCUT2D eigenvalue weighted by Crippen LogP contribution is 2.19. The molecule has 1 saturated heterocycles. The molecule has 1 aromatic heterocycles. The Hall–Kier alpha value is -2.29. The molecule has 2 heterocycles. The van der Waals surface area contributed by atoms with Crippen molar-refractivity contribution in [3.63, 3.8) is 0 Å². The maximum atomic E-state index is 13.4. The van der Waals surface area contributed by atoms with Gasteiger partial charge in [-0.25, -0.2) is 17.8 Å². The minimum absolute atomic E-state index is 0.0263. The van der Waals surface area contributed by atoms with Crippen molar-refractivity contribution in [1.82, 2.24) is 19.5 Å². The highest BCUT2D eigenvalue weighted by atomic mass is 32.2. The third-order valence-corrected chi connectivity index (χ3v) is 7.23. The molecule has 1 amide bonds. The fourth-order valence-electron chi connectivity index (χ4n) is 3.41. The van der Waals surface area contributed by atoms with Crippen LogP contribution in [0.25, 0.3) is 0 Å². The first kappa shape index (κ1) is 25.0. The summed E-state index contributed by atoms with van der Waals surface area (Å²) in [5.74, 6) is 0.427. The van der Waals surface area contributed by atoms with Crippen LogP contribution >= 0.6 is 0 Å². The number of carbonyl (C=O) groups excluding carboxylic acids is 1. The van der Waals surface area contributed by atoms with Crippen LogP contribution < -0.4 is 10.6 Å². The normalized spacial score (nSPS) is 19.9. The Balaban J connectivity index is 1.77. The van der Waals surface area contributed by atoms with Crippen LogP contribution in [0.1, 0.15) is 27.2 Å². The minimum atomic E-state index is -3.53. The van der Waals surface area contributed by atoms with Crippen molar-refractivity contribution in [2.75, 3.05) is 44.6 Å². The molecule has 3 atom stereocenters. The molecule has 0 spiro atoms. The molecule has 0 radical (unpaired) electrons. The molecule has 0 aliphatic carbocycles. The van der Waals surface area contributed by atoms with Gasteiger partial charge in [0.2, 0.25) is 15.9 Å². The Labute approximate surface area is 183 Å². The first-order valence-corrected chi connectivity index (χ1v) is 11.9. The Kier molecular flexibility index (Phi) is 9.15. The van der Waals surface area contributed by atoms with E-state index in [-0.39, 0.29) is 36.2 Å². The smallest absolute Gasteiger partial charge is 0.244 e. The predicted molar refractivity (Wildman–Crippen MR) is 115 cm³/mol. The van der Waals surface area contributed by atoms with Crippen LogP contribution in [0.4, 0.5) is 10.2 Å². The molecule has 1 aromatic rings. The predicted octanol–water partition coefficient (Wildman–Crippen LogP) is 1.21. The van der Waals surface area contributed by atoms with Crippen molar-refractivity contribution < 1.29 is 17.6 Å². The summed E-state index contributed by atoms with van der Waals surface area (Å²) in [4.78, 5) is 17.8. The highest BCUT2D eigenvalue weighted by Gasteiger charge is 2.35. The van der Waals surface area contributed by atoms with Gasteiger partial charge in [-0.3, -0.25) is 4.79 Å². The largest absolute Gasteiger partial charge is 0.370 e. The van der Waals surface area contributed by atoms with Crippen molar-refractivity contribution >= 4 is 21.7 Å². The Morgan fingerprint density at radius 1 is 1.39 bits per heavy atom. The van der Waals surface area contributed by atoms with E-state index in [0.717, 1.165) is 0 Å². The van der Waals surface area contributed by atoms with E-state index in [0.29, 0.717) is 32.0 Å². The van der Waals surface area contributed by atoms with Crippen LogP contribution in [-0.2, 0) is 14.8 Å². The minimum Gasteiger partial charge on any atom is -0.370 e. The quantitative estimate of drug-likeness (QED) is 0.516. The number of carbonyl (C=O) groups is 1. The molecule has 172 valence electrons. The molecule has 1 fully saturated rings. The number of nitrogens with zero attached hydrogens (tertiary/aromatic N) is 4. The van der Waals surface area contributed by atoms with Crippen molar-refractivity contribution in [3.8, 4) is 6.07 Å². The first-order valence-electron chi connectivity index (χ1n) is 10.5. The average Bonchev–Trinajstić information content (AvgIpc) is 3.14. The van der Waals surface area contributed by atoms with E-state index >= 15 is 0 Å². The number of hydrogen-bond donors (Lipinski definition) is 2. The number of nitriles is 1. The third kappa shape index (κ3) is 6.59. The van der Waals surface area contributed by atoms with Gasteiger partial charge in [0.15, 0.2) is 0 Å². The molecule has 11 heteroatoms. The second kappa shape index (κ2) is 11.4. The Morgan fingerprint density at radius 2 is 2.10 bits per heavy atom. The number of pyridine rings is 1. The van der Waals surface area contributed by atoms with Crippen LogP contribution in [0.2, 0.25) is 0 Å². The van der Waals surface area contributed by atoms with E-state index in [2.05, 4.69) is 15.6 Å². The van der Waals surface area contributed by atoms with Crippen molar-refractivity contribution in [3.05, 3.63) is 18.3 Å². The number of rotatable bonds is 11. The molecular formula is C20H31FN6O3S. The summed E-state index contributed by atoms with van der Waals surface area (Å²) in [5, 5.41) is 15.2. The summed E-state index contributed by atoms with van der Waals surface area (Å²) >= 11 is 0. The highest BCUT2D eigenvalue weighted by molar-refractivity contribution is 7.89. The van der Waals surface area contributed by atoms with E-state index in [1.165, 1.54) is 21.5 Å². The van der Waals surface area contributed by atoms with Crippen LogP contribution in [-0.4, -0.2) is 80.0 Å². The zero-order chi connectivity index (χ0) is 23.0. The first-order chi connectivity index (χ1) is 14.7. The lowest BCUT2D eigenvalue weighted by Crippen LogP contribution is -2.42. The standard InChI is InChI=1S/C20H31FN6O3S/c1-4-26(5-2)31(29,30)18-6-7-19(25-12-18)24-11-15(3)10-23-13-20(28)27-14-16(21)8-17(27)9-22/h6-7,12,15-17,23H,4-5,8,10-11,13-14H2,1-3H3,(H,24,25)/t15-,16-,17-/m0/s1. The second-order valence-corrected chi connectivity index (χ2v) is 9.55. The molecule has 0 saturated carbocycles. The number of hydrogen-bond acceptors (Lipinski definition) is 7. The second-order valence-electron chi connectivity index (χ2n) is 7.61. The van der Waals surface area contributed by atoms with Crippen molar-refractivity contribution in [2.45, 2.75) is 44.3 Å². The molecular weight excluding hydrogens is 423 g/mol. The number of alkyl halides is 1. The van der Waals surface area contributed by atoms with Crippen LogP contribution in [0, 0.1) is 17.2 Å². The molecule has 0 aromatic carbocycles. The fourth-order valence-corrected chi connectivity index (χ4v) is 4.81. The van der Waals surface area contributed by atoms with Crippen LogP contribution in [0.5, 0.6) is 0 Å². The molecule has 2 rings (SSSR count). The van der Waals surface area contributed by atoms with Gasteiger partial charge in [0.05, 0.1) is 19.2 Å². The van der Waals surface area contributed by atoms with Crippen molar-refractivity contribution in [1.29, 1.82) is 5.26 Å². The Morgan fingerprint density at radius 3 is 2.68 bits per heavy atom. The zero-order valence-electron chi connectivity index (χ0n) is 18.2. The molecule has 1 aliphatic heterocycles. The summed E-state index contributed by atoms with van der Waals surface area (Å²) in [6, 6.07) is 4.44. The molecule has 1 aliphatic rings. The maximum Gasteiger partial charge on any atom is 0.244 e. The van der Waals surface area contributed by atoms with Gasteiger partial charge in [-0.2, -0.15) is 9.57 Å². The average molecular weight is 455 g/mol. The van der Waals surface area contributed by atoms with Crippen LogP contribution in [0.3, 0.4) is 0 Å². The number of nitrogens with one attached hydrogen (secondary N) is 2. The van der Waals surface area contributed by atoms with Gasteiger partial charge >= 0.3 is 0 Å². The van der Waals surface area contributed by atoms with Gasteiger partial charge in [-0.1, -0.05) is 20.8 Å². The monoisotopic (exact) mass is 454 g/mol. The van der Waals surface area contributed by atoms with E-state index < -0.39 is 22.2 Å². The number of amides is 1. The summed E-state index contributed by atoms with van der Waals surface area (Å²) < 4.78 is 39.8. The number of anilines is 1. The molecule has 0 bridgehead atoms. The van der Waals surface area contributed by atoms with Gasteiger partial charge in [-0.05, 0) is 24.6 Å². The summed E-state index contributed by atoms with van der Waals surface area (Å²) in [6.07, 6.45) is 0.277. The van der Waals surface area contributed by atoms with E-state index in [4.69, 9.17) is 5.26 Å². The molecule has 0 unspecified atom stereocenters. The maximum absolute atomic E-state index is 13.4. The summed E-state index contributed by atoms with van der Waals surface area (Å²) in [6.45, 7) is 7.48. The van der Waals surface area contributed by atoms with Gasteiger partial charge in [-0.15, -0.1) is 0 Å². The Bertz CT molecular complexity index is 870. The van der Waals surface area contributed by atoms with Gasteiger partial charge in [0, 0.05) is 32.3 Å². The third-order valence-electron chi connectivity index (χ3n) is 5.20.